The molecule has 0 bridgehead atoms. The maximum absolute atomic E-state index is 2.65. The molecule has 0 amide bonds. The van der Waals surface area contributed by atoms with E-state index in [1.807, 2.05) is 0 Å². The molecular formula is C29H41Cl3Si2Ti. The van der Waals surface area contributed by atoms with Crippen molar-refractivity contribution in [3.8, 4) is 0 Å². The molecule has 0 radical (unpaired) electrons. The molecule has 0 saturated heterocycles. The van der Waals surface area contributed by atoms with Crippen LogP contribution in [-0.4, -0.2) is 16.1 Å². The van der Waals surface area contributed by atoms with Gasteiger partial charge in [-0.3, -0.25) is 0 Å². The number of hydrogen-bond donors (Lipinski definition) is 0. The van der Waals surface area contributed by atoms with Crippen LogP contribution in [0.15, 0.2) is 69.1 Å². The molecule has 2 unspecified atom stereocenters. The number of halogens is 3. The van der Waals surface area contributed by atoms with Crippen LogP contribution in [0.25, 0.3) is 0 Å². The van der Waals surface area contributed by atoms with Gasteiger partial charge in [0, 0.05) is 0 Å². The van der Waals surface area contributed by atoms with E-state index in [9.17, 15) is 0 Å². The van der Waals surface area contributed by atoms with Crippen molar-refractivity contribution in [3.05, 3.63) is 74.7 Å². The topological polar surface area (TPSA) is 0 Å². The van der Waals surface area contributed by atoms with Gasteiger partial charge in [-0.1, -0.05) is 0 Å². The van der Waals surface area contributed by atoms with Crippen LogP contribution in [0.2, 0.25) is 30.7 Å². The summed E-state index contributed by atoms with van der Waals surface area (Å²) in [6.45, 7) is 24.3. The van der Waals surface area contributed by atoms with Crippen molar-refractivity contribution in [3.63, 3.8) is 0 Å². The predicted molar refractivity (Wildman–Crippen MR) is 145 cm³/mol. The summed E-state index contributed by atoms with van der Waals surface area (Å²) in [4.78, 5) is 0. The minimum atomic E-state index is -2.25. The number of aryl methyl sites for hydroxylation is 1. The fourth-order valence-corrected chi connectivity index (χ4v) is 15.6. The number of allylic oxidation sites excluding steroid dienone is 4. The summed E-state index contributed by atoms with van der Waals surface area (Å²) in [7, 11) is -3.69. The molecule has 6 heteroatoms. The Morgan fingerprint density at radius 1 is 0.771 bits per heavy atom. The molecule has 2 aromatic rings. The van der Waals surface area contributed by atoms with Crippen LogP contribution in [0.3, 0.4) is 0 Å². The Morgan fingerprint density at radius 3 is 1.71 bits per heavy atom. The van der Waals surface area contributed by atoms with Gasteiger partial charge in [0.25, 0.3) is 0 Å². The summed E-state index contributed by atoms with van der Waals surface area (Å²) in [6, 6.07) is 20.5. The van der Waals surface area contributed by atoms with Gasteiger partial charge in [0.1, 0.15) is 0 Å². The van der Waals surface area contributed by atoms with Gasteiger partial charge in [-0.2, -0.15) is 0 Å². The molecule has 2 aromatic carbocycles. The Labute approximate surface area is 247 Å². The maximum Gasteiger partial charge on any atom is -1.00 e. The van der Waals surface area contributed by atoms with Crippen molar-refractivity contribution >= 4 is 31.7 Å². The summed E-state index contributed by atoms with van der Waals surface area (Å²) in [5.74, 6) is 0.636. The first kappa shape index (κ1) is 34.9. The van der Waals surface area contributed by atoms with Gasteiger partial charge in [0.2, 0.25) is 0 Å². The van der Waals surface area contributed by atoms with Crippen LogP contribution in [0, 0.1) is 12.8 Å². The van der Waals surface area contributed by atoms with Crippen molar-refractivity contribution < 1.29 is 57.7 Å². The van der Waals surface area contributed by atoms with Crippen molar-refractivity contribution in [1.29, 1.82) is 0 Å². The van der Waals surface area contributed by atoms with Crippen LogP contribution in [0.5, 0.6) is 0 Å². The van der Waals surface area contributed by atoms with E-state index in [0.717, 1.165) is 0 Å². The molecule has 190 valence electrons. The zero-order valence-corrected chi connectivity index (χ0v) is 28.9. The second kappa shape index (κ2) is 12.7. The maximum atomic E-state index is 2.65. The summed E-state index contributed by atoms with van der Waals surface area (Å²) < 4.78 is 1.60. The number of hydrogen-bond acceptors (Lipinski definition) is 0. The molecule has 0 spiro atoms. The van der Waals surface area contributed by atoms with E-state index < -0.39 is 16.1 Å². The SMILES string of the molecule is CC1=C(C)C(C)([Si](CC(C)C)(c2ccccc2)c2cc(C)cc([Si](C)(C)C)c2)[C]([Ti+3])=C1C.[Cl-].[Cl-].[Cl-]. The van der Waals surface area contributed by atoms with Crippen molar-refractivity contribution in [2.24, 2.45) is 5.92 Å². The summed E-state index contributed by atoms with van der Waals surface area (Å²) >= 11 is 2.43. The Morgan fingerprint density at radius 2 is 1.29 bits per heavy atom. The van der Waals surface area contributed by atoms with E-state index in [4.69, 9.17) is 0 Å². The fraction of sp³-hybridized carbons (Fsp3) is 0.448. The fourth-order valence-electron chi connectivity index (χ4n) is 5.92. The van der Waals surface area contributed by atoms with E-state index in [2.05, 4.69) is 137 Å². The standard InChI is InChI=1S/C29H41Si2.3ClH.Ti/c1-21(2)20-31(26-14-12-11-13-15-26,29(7)19-23(4)24(5)25(29)6)28-17-22(3)16-27(18-28)30(8,9)10;;;;/h11-18,21H,20H2,1-10H3;3*1H;/q;;;;+3/p-3. The smallest absolute Gasteiger partial charge is 1.00 e. The quantitative estimate of drug-likeness (QED) is 0.328. The van der Waals surface area contributed by atoms with Gasteiger partial charge in [0.05, 0.1) is 0 Å². The van der Waals surface area contributed by atoms with Gasteiger partial charge in [0.15, 0.2) is 0 Å². The van der Waals surface area contributed by atoms with Crippen molar-refractivity contribution in [2.75, 3.05) is 0 Å². The first-order chi connectivity index (χ1) is 14.8. The molecule has 2 atom stereocenters. The molecule has 0 saturated carbocycles. The zero-order chi connectivity index (χ0) is 24.1. The molecule has 0 heterocycles. The molecular weight excluding hydrogens is 559 g/mol. The zero-order valence-electron chi connectivity index (χ0n) is 23.0. The predicted octanol–water partition coefficient (Wildman–Crippen LogP) is -2.30. The molecule has 0 nitrogen and oxygen atoms in total. The largest absolute Gasteiger partial charge is 1.00 e. The normalized spacial score (nSPS) is 19.7. The van der Waals surface area contributed by atoms with Crippen LogP contribution in [0.4, 0.5) is 0 Å². The molecule has 35 heavy (non-hydrogen) atoms. The van der Waals surface area contributed by atoms with Crippen LogP contribution >= 0.6 is 0 Å². The number of benzene rings is 2. The molecule has 0 N–H and O–H groups in total. The molecule has 0 fully saturated rings. The third kappa shape index (κ3) is 6.00. The summed E-state index contributed by atoms with van der Waals surface area (Å²) in [5, 5.41) is 4.91. The molecule has 1 aliphatic rings. The van der Waals surface area contributed by atoms with Gasteiger partial charge in [-0.05, 0) is 0 Å². The van der Waals surface area contributed by atoms with E-state index in [1.165, 1.54) is 22.8 Å². The average Bonchev–Trinajstić information content (AvgIpc) is 2.87. The van der Waals surface area contributed by atoms with E-state index in [-0.39, 0.29) is 42.3 Å². The van der Waals surface area contributed by atoms with Gasteiger partial charge in [-0.15, -0.1) is 0 Å². The minimum absolute atomic E-state index is 0. The molecule has 0 aliphatic heterocycles. The van der Waals surface area contributed by atoms with Crippen LogP contribution in [0.1, 0.15) is 47.1 Å². The van der Waals surface area contributed by atoms with Gasteiger partial charge >= 0.3 is 212 Å². The first-order valence-electron chi connectivity index (χ1n) is 12.1. The van der Waals surface area contributed by atoms with Crippen LogP contribution < -0.4 is 52.8 Å². The van der Waals surface area contributed by atoms with E-state index in [1.54, 1.807) is 25.0 Å². The van der Waals surface area contributed by atoms with E-state index in [0.29, 0.717) is 5.92 Å². The second-order valence-electron chi connectivity index (χ2n) is 11.6. The monoisotopic (exact) mass is 598 g/mol. The second-order valence-corrected chi connectivity index (χ2v) is 21.8. The van der Waals surface area contributed by atoms with E-state index >= 15 is 0 Å². The average molecular weight is 600 g/mol. The Bertz CT molecular complexity index is 1060. The van der Waals surface area contributed by atoms with Crippen molar-refractivity contribution in [1.82, 2.24) is 0 Å². The summed E-state index contributed by atoms with van der Waals surface area (Å²) in [6.07, 6.45) is 0. The Kier molecular flexibility index (Phi) is 12.6. The molecule has 1 aliphatic carbocycles. The first-order valence-corrected chi connectivity index (χ1v) is 18.5. The third-order valence-electron chi connectivity index (χ3n) is 8.02. The number of rotatable bonds is 6. The minimum Gasteiger partial charge on any atom is -1.00 e. The summed E-state index contributed by atoms with van der Waals surface area (Å²) in [5.41, 5.74) is 6.05. The van der Waals surface area contributed by atoms with Crippen molar-refractivity contribution in [2.45, 2.75) is 79.2 Å². The Hall–Kier alpha value is -0.0619. The van der Waals surface area contributed by atoms with Gasteiger partial charge < -0.3 is 37.2 Å². The molecule has 3 rings (SSSR count). The van der Waals surface area contributed by atoms with Gasteiger partial charge in [-0.25, -0.2) is 0 Å². The van der Waals surface area contributed by atoms with Crippen LogP contribution in [-0.2, 0) is 20.4 Å². The molecule has 0 aromatic heterocycles. The third-order valence-corrected chi connectivity index (χ3v) is 18.2. The Balaban J connectivity index is 0.00000385.